The van der Waals surface area contributed by atoms with E-state index in [9.17, 15) is 8.42 Å². The molecule has 1 aromatic carbocycles. The molecule has 2 aliphatic heterocycles. The molecule has 0 amide bonds. The van der Waals surface area contributed by atoms with Crippen molar-refractivity contribution in [3.05, 3.63) is 35.9 Å². The monoisotopic (exact) mass is 444 g/mol. The van der Waals surface area contributed by atoms with E-state index in [0.717, 1.165) is 11.8 Å². The molecule has 0 radical (unpaired) electrons. The number of rotatable bonds is 5. The van der Waals surface area contributed by atoms with Crippen LogP contribution in [0.5, 0.6) is 0 Å². The molecule has 7 nitrogen and oxygen atoms in total. The maximum absolute atomic E-state index is 12.0. The summed E-state index contributed by atoms with van der Waals surface area (Å²) in [5, 5.41) is -0.0391. The lowest BCUT2D eigenvalue weighted by Gasteiger charge is -2.48. The zero-order valence-electron chi connectivity index (χ0n) is 18.0. The molecule has 0 spiro atoms. The van der Waals surface area contributed by atoms with Gasteiger partial charge in [0.15, 0.2) is 14.6 Å². The van der Waals surface area contributed by atoms with Crippen LogP contribution in [0.3, 0.4) is 0 Å². The Morgan fingerprint density at radius 2 is 1.72 bits per heavy atom. The second kappa shape index (κ2) is 8.37. The van der Waals surface area contributed by atoms with Crippen molar-refractivity contribution in [3.8, 4) is 0 Å². The van der Waals surface area contributed by atoms with Gasteiger partial charge in [-0.05, 0) is 18.1 Å². The highest BCUT2D eigenvalue weighted by Crippen LogP contribution is 2.40. The van der Waals surface area contributed by atoms with Crippen molar-refractivity contribution in [2.75, 3.05) is 19.5 Å². The molecule has 0 bridgehead atoms. The van der Waals surface area contributed by atoms with Crippen LogP contribution in [-0.2, 0) is 32.9 Å². The maximum Gasteiger partial charge on any atom is 0.264 e. The summed E-state index contributed by atoms with van der Waals surface area (Å²) in [7, 11) is -5.91. The highest BCUT2D eigenvalue weighted by molar-refractivity contribution is 7.86. The number of hydrogen-bond donors (Lipinski definition) is 0. The molecule has 2 aliphatic rings. The first-order valence-electron chi connectivity index (χ1n) is 9.87. The quantitative estimate of drug-likeness (QED) is 0.509. The van der Waals surface area contributed by atoms with Gasteiger partial charge < -0.3 is 18.6 Å². The van der Waals surface area contributed by atoms with Crippen molar-refractivity contribution < 1.29 is 31.2 Å². The summed E-state index contributed by atoms with van der Waals surface area (Å²) in [6.45, 7) is 11.2. The fourth-order valence-electron chi connectivity index (χ4n) is 3.26. The van der Waals surface area contributed by atoms with Gasteiger partial charge in [0, 0.05) is 5.56 Å². The van der Waals surface area contributed by atoms with Crippen LogP contribution in [0.2, 0.25) is 18.1 Å². The minimum absolute atomic E-state index is 0.0391. The van der Waals surface area contributed by atoms with E-state index in [4.69, 9.17) is 22.8 Å². The highest BCUT2D eigenvalue weighted by Gasteiger charge is 2.51. The van der Waals surface area contributed by atoms with Crippen molar-refractivity contribution in [1.82, 2.24) is 0 Å². The molecule has 2 heterocycles. The van der Waals surface area contributed by atoms with Crippen molar-refractivity contribution in [1.29, 1.82) is 0 Å². The maximum atomic E-state index is 12.0. The van der Waals surface area contributed by atoms with Gasteiger partial charge in [-0.25, -0.2) is 0 Å². The number of hydrogen-bond acceptors (Lipinski definition) is 7. The molecule has 9 heteroatoms. The Labute approximate surface area is 174 Å². The standard InChI is InChI=1S/C20H32O7SSi/c1-20(2,3)29(5,6)27-16-13-23-15-12-24-19(14-10-8-7-9-11-14)25-17(15)18(16)26-28(4,21)22/h7-11,15-19H,12-13H2,1-6H3/t15-,16+,17-,18-,19-/m1/s1. The molecule has 2 saturated heterocycles. The van der Waals surface area contributed by atoms with Gasteiger partial charge in [-0.3, -0.25) is 4.18 Å². The van der Waals surface area contributed by atoms with Crippen LogP contribution >= 0.6 is 0 Å². The Hall–Kier alpha value is -0.813. The first-order chi connectivity index (χ1) is 13.4. The van der Waals surface area contributed by atoms with Gasteiger partial charge in [-0.1, -0.05) is 51.1 Å². The summed E-state index contributed by atoms with van der Waals surface area (Å²) >= 11 is 0. The fourth-order valence-corrected chi connectivity index (χ4v) is 5.21. The van der Waals surface area contributed by atoms with Gasteiger partial charge in [-0.15, -0.1) is 0 Å². The molecule has 2 fully saturated rings. The number of fused-ring (bicyclic) bond motifs is 1. The predicted molar refractivity (Wildman–Crippen MR) is 112 cm³/mol. The van der Waals surface area contributed by atoms with E-state index in [0.29, 0.717) is 6.61 Å². The van der Waals surface area contributed by atoms with Gasteiger partial charge >= 0.3 is 0 Å². The molecule has 0 saturated carbocycles. The Kier molecular flexibility index (Phi) is 6.60. The lowest BCUT2D eigenvalue weighted by atomic mass is 9.99. The molecule has 0 unspecified atom stereocenters. The van der Waals surface area contributed by atoms with Crippen LogP contribution in [-0.4, -0.2) is 60.6 Å². The normalized spacial score (nSPS) is 31.3. The SMILES string of the molecule is CC(C)(C)[Si](C)(C)O[C@H]1CO[C@@H]2CO[C@@H](c3ccccc3)O[C@H]2[C@@H]1OS(C)(=O)=O. The summed E-state index contributed by atoms with van der Waals surface area (Å²) < 4.78 is 54.0. The van der Waals surface area contributed by atoms with Crippen molar-refractivity contribution >= 4 is 18.4 Å². The zero-order valence-corrected chi connectivity index (χ0v) is 19.8. The van der Waals surface area contributed by atoms with Gasteiger partial charge in [0.05, 0.1) is 25.6 Å². The third-order valence-corrected chi connectivity index (χ3v) is 10.9. The molecular formula is C20H32O7SSi. The van der Waals surface area contributed by atoms with E-state index >= 15 is 0 Å². The third kappa shape index (κ3) is 5.46. The van der Waals surface area contributed by atoms with Gasteiger partial charge in [0.1, 0.15) is 18.3 Å². The fraction of sp³-hybridized carbons (Fsp3) is 0.700. The van der Waals surface area contributed by atoms with Crippen LogP contribution < -0.4 is 0 Å². The Morgan fingerprint density at radius 3 is 2.31 bits per heavy atom. The van der Waals surface area contributed by atoms with E-state index in [2.05, 4.69) is 33.9 Å². The Bertz CT molecular complexity index is 791. The molecule has 164 valence electrons. The first-order valence-corrected chi connectivity index (χ1v) is 14.6. The van der Waals surface area contributed by atoms with Crippen LogP contribution in [0.1, 0.15) is 32.6 Å². The Balaban J connectivity index is 1.86. The second-order valence-corrected chi connectivity index (χ2v) is 15.6. The van der Waals surface area contributed by atoms with Crippen LogP contribution in [0, 0.1) is 0 Å². The van der Waals surface area contributed by atoms with Gasteiger partial charge in [0.2, 0.25) is 0 Å². The van der Waals surface area contributed by atoms with Gasteiger partial charge in [-0.2, -0.15) is 8.42 Å². The minimum Gasteiger partial charge on any atom is -0.409 e. The van der Waals surface area contributed by atoms with Crippen molar-refractivity contribution in [2.24, 2.45) is 0 Å². The average Bonchev–Trinajstić information content (AvgIpc) is 2.62. The summed E-state index contributed by atoms with van der Waals surface area (Å²) in [5.74, 6) is 0. The smallest absolute Gasteiger partial charge is 0.264 e. The lowest BCUT2D eigenvalue weighted by Crippen LogP contribution is -2.62. The zero-order chi connectivity index (χ0) is 21.4. The van der Waals surface area contributed by atoms with E-state index in [-0.39, 0.29) is 11.6 Å². The number of benzene rings is 1. The van der Waals surface area contributed by atoms with Crippen LogP contribution in [0.4, 0.5) is 0 Å². The summed E-state index contributed by atoms with van der Waals surface area (Å²) in [6.07, 6.45) is -1.93. The van der Waals surface area contributed by atoms with Crippen LogP contribution in [0.25, 0.3) is 0 Å². The second-order valence-electron chi connectivity index (χ2n) is 9.23. The number of ether oxygens (including phenoxy) is 3. The molecule has 3 rings (SSSR count). The summed E-state index contributed by atoms with van der Waals surface area (Å²) in [6, 6.07) is 9.53. The first kappa shape index (κ1) is 22.9. The minimum atomic E-state index is -3.72. The lowest BCUT2D eigenvalue weighted by molar-refractivity contribution is -0.308. The van der Waals surface area contributed by atoms with E-state index in [1.54, 1.807) is 0 Å². The van der Waals surface area contributed by atoms with Crippen molar-refractivity contribution in [3.63, 3.8) is 0 Å². The van der Waals surface area contributed by atoms with Crippen molar-refractivity contribution in [2.45, 2.75) is 69.6 Å². The molecule has 5 atom stereocenters. The largest absolute Gasteiger partial charge is 0.409 e. The van der Waals surface area contributed by atoms with E-state index < -0.39 is 49.1 Å². The molecule has 0 N–H and O–H groups in total. The Morgan fingerprint density at radius 1 is 1.07 bits per heavy atom. The highest BCUT2D eigenvalue weighted by atomic mass is 32.2. The molecule has 29 heavy (non-hydrogen) atoms. The van der Waals surface area contributed by atoms with E-state index in [1.165, 1.54) is 0 Å². The predicted octanol–water partition coefficient (Wildman–Crippen LogP) is 3.23. The summed E-state index contributed by atoms with van der Waals surface area (Å²) in [5.41, 5.74) is 0.858. The van der Waals surface area contributed by atoms with E-state index in [1.807, 2.05) is 30.3 Å². The molecule has 0 aromatic heterocycles. The molecule has 0 aliphatic carbocycles. The molecular weight excluding hydrogens is 412 g/mol. The molecule has 1 aromatic rings. The topological polar surface area (TPSA) is 80.3 Å². The third-order valence-electron chi connectivity index (χ3n) is 5.83. The van der Waals surface area contributed by atoms with Gasteiger partial charge in [0.25, 0.3) is 10.1 Å². The average molecular weight is 445 g/mol. The summed E-state index contributed by atoms with van der Waals surface area (Å²) in [4.78, 5) is 0. The van der Waals surface area contributed by atoms with Crippen LogP contribution in [0.15, 0.2) is 30.3 Å².